The smallest absolute Gasteiger partial charge is 0.258 e. The third-order valence-corrected chi connectivity index (χ3v) is 3.77. The highest BCUT2D eigenvalue weighted by atomic mass is 35.5. The minimum Gasteiger partial charge on any atom is -0.497 e. The predicted octanol–water partition coefficient (Wildman–Crippen LogP) is 3.65. The van der Waals surface area contributed by atoms with Gasteiger partial charge in [-0.1, -0.05) is 34.1 Å². The van der Waals surface area contributed by atoms with E-state index in [0.29, 0.717) is 28.2 Å². The Kier molecular flexibility index (Phi) is 3.91. The summed E-state index contributed by atoms with van der Waals surface area (Å²) < 4.78 is 12.1. The summed E-state index contributed by atoms with van der Waals surface area (Å²) in [5.74, 6) is 1.45. The van der Waals surface area contributed by atoms with Crippen molar-refractivity contribution in [2.75, 3.05) is 7.11 Å². The van der Waals surface area contributed by atoms with Crippen molar-refractivity contribution in [2.24, 2.45) is 0 Å². The molecular weight excluding hydrogens is 342 g/mol. The number of rotatable bonds is 4. The van der Waals surface area contributed by atoms with Crippen LogP contribution in [0.4, 0.5) is 0 Å². The molecule has 0 aliphatic carbocycles. The first-order valence-electron chi connectivity index (χ1n) is 7.40. The lowest BCUT2D eigenvalue weighted by atomic mass is 10.2. The molecule has 2 aromatic heterocycles. The number of hydrogen-bond donors (Lipinski definition) is 0. The summed E-state index contributed by atoms with van der Waals surface area (Å²) in [5.41, 5.74) is 2.06. The molecule has 0 spiro atoms. The molecule has 0 unspecified atom stereocenters. The summed E-state index contributed by atoms with van der Waals surface area (Å²) >= 11 is 6.00. The van der Waals surface area contributed by atoms with E-state index in [-0.39, 0.29) is 0 Å². The summed E-state index contributed by atoms with van der Waals surface area (Å²) in [5, 5.41) is 12.8. The van der Waals surface area contributed by atoms with Gasteiger partial charge in [-0.05, 0) is 36.4 Å². The first-order chi connectivity index (χ1) is 12.2. The number of nitrogens with zero attached hydrogens (tertiary/aromatic N) is 5. The number of benzene rings is 2. The average Bonchev–Trinajstić information content (AvgIpc) is 3.31. The second-order valence-electron chi connectivity index (χ2n) is 5.18. The van der Waals surface area contributed by atoms with Crippen LogP contribution in [0.3, 0.4) is 0 Å². The van der Waals surface area contributed by atoms with E-state index in [9.17, 15) is 0 Å². The lowest BCUT2D eigenvalue weighted by molar-refractivity contribution is 0.413. The zero-order valence-corrected chi connectivity index (χ0v) is 13.9. The minimum absolute atomic E-state index is 0.353. The molecule has 4 rings (SSSR count). The van der Waals surface area contributed by atoms with Crippen LogP contribution in [0, 0.1) is 0 Å². The number of aromatic nitrogens is 5. The van der Waals surface area contributed by atoms with Crippen LogP contribution in [0.25, 0.3) is 28.7 Å². The maximum atomic E-state index is 6.00. The van der Waals surface area contributed by atoms with Gasteiger partial charge in [0.2, 0.25) is 5.82 Å². The highest BCUT2D eigenvalue weighted by Gasteiger charge is 2.14. The van der Waals surface area contributed by atoms with Gasteiger partial charge in [-0.3, -0.25) is 0 Å². The zero-order valence-electron chi connectivity index (χ0n) is 13.1. The SMILES string of the molecule is COc1cccc(-c2nc(-c3cn(-c4cccc(Cl)c4)nn3)no2)c1. The van der Waals surface area contributed by atoms with Gasteiger partial charge >= 0.3 is 0 Å². The summed E-state index contributed by atoms with van der Waals surface area (Å²) in [6.07, 6.45) is 1.71. The monoisotopic (exact) mass is 353 g/mol. The Morgan fingerprint density at radius 2 is 2.00 bits per heavy atom. The molecule has 124 valence electrons. The van der Waals surface area contributed by atoms with E-state index in [1.165, 1.54) is 0 Å². The van der Waals surface area contributed by atoms with E-state index in [1.54, 1.807) is 30.1 Å². The van der Waals surface area contributed by atoms with Gasteiger partial charge < -0.3 is 9.26 Å². The Morgan fingerprint density at radius 1 is 1.12 bits per heavy atom. The third kappa shape index (κ3) is 3.09. The Balaban J connectivity index is 1.64. The third-order valence-electron chi connectivity index (χ3n) is 3.54. The van der Waals surface area contributed by atoms with Crippen LogP contribution >= 0.6 is 11.6 Å². The Bertz CT molecular complexity index is 1030. The molecule has 0 N–H and O–H groups in total. The van der Waals surface area contributed by atoms with Gasteiger partial charge in [-0.25, -0.2) is 4.68 Å². The maximum Gasteiger partial charge on any atom is 0.258 e. The van der Waals surface area contributed by atoms with E-state index < -0.39 is 0 Å². The average molecular weight is 354 g/mol. The van der Waals surface area contributed by atoms with Crippen molar-refractivity contribution in [3.05, 3.63) is 59.8 Å². The van der Waals surface area contributed by atoms with Crippen LogP contribution in [0.2, 0.25) is 5.02 Å². The van der Waals surface area contributed by atoms with Crippen molar-refractivity contribution in [3.8, 4) is 34.4 Å². The quantitative estimate of drug-likeness (QED) is 0.557. The second-order valence-corrected chi connectivity index (χ2v) is 5.62. The molecule has 2 aromatic carbocycles. The minimum atomic E-state index is 0.353. The van der Waals surface area contributed by atoms with Crippen LogP contribution in [0.15, 0.2) is 59.3 Å². The number of ether oxygens (including phenoxy) is 1. The van der Waals surface area contributed by atoms with Gasteiger partial charge in [0.25, 0.3) is 5.89 Å². The van der Waals surface area contributed by atoms with Crippen molar-refractivity contribution in [3.63, 3.8) is 0 Å². The topological polar surface area (TPSA) is 78.9 Å². The molecule has 0 aliphatic heterocycles. The fourth-order valence-electron chi connectivity index (χ4n) is 2.31. The summed E-state index contributed by atoms with van der Waals surface area (Å²) in [4.78, 5) is 4.38. The fraction of sp³-hybridized carbons (Fsp3) is 0.0588. The lowest BCUT2D eigenvalue weighted by Gasteiger charge is -1.99. The van der Waals surface area contributed by atoms with Crippen molar-refractivity contribution in [1.82, 2.24) is 25.1 Å². The standard InChI is InChI=1S/C17H12ClN5O2/c1-24-14-7-2-4-11(8-14)17-19-16(21-25-17)15-10-23(22-20-15)13-6-3-5-12(18)9-13/h2-10H,1H3. The molecule has 0 amide bonds. The maximum absolute atomic E-state index is 6.00. The molecule has 0 bridgehead atoms. The highest BCUT2D eigenvalue weighted by molar-refractivity contribution is 6.30. The van der Waals surface area contributed by atoms with E-state index in [4.69, 9.17) is 20.9 Å². The summed E-state index contributed by atoms with van der Waals surface area (Å²) in [6.45, 7) is 0. The molecule has 0 radical (unpaired) electrons. The Morgan fingerprint density at radius 3 is 2.84 bits per heavy atom. The molecule has 0 saturated heterocycles. The van der Waals surface area contributed by atoms with Crippen molar-refractivity contribution in [2.45, 2.75) is 0 Å². The second kappa shape index (κ2) is 6.37. The van der Waals surface area contributed by atoms with E-state index in [1.807, 2.05) is 36.4 Å². The largest absolute Gasteiger partial charge is 0.497 e. The predicted molar refractivity (Wildman–Crippen MR) is 91.6 cm³/mol. The van der Waals surface area contributed by atoms with Gasteiger partial charge in [0.15, 0.2) is 5.69 Å². The molecule has 25 heavy (non-hydrogen) atoms. The molecule has 7 nitrogen and oxygen atoms in total. The number of methoxy groups -OCH3 is 1. The Hall–Kier alpha value is -3.19. The molecule has 2 heterocycles. The van der Waals surface area contributed by atoms with E-state index in [0.717, 1.165) is 11.3 Å². The molecule has 0 saturated carbocycles. The lowest BCUT2D eigenvalue weighted by Crippen LogP contribution is -1.93. The summed E-state index contributed by atoms with van der Waals surface area (Å²) in [6, 6.07) is 14.7. The van der Waals surface area contributed by atoms with Crippen molar-refractivity contribution >= 4 is 11.6 Å². The highest BCUT2D eigenvalue weighted by Crippen LogP contribution is 2.24. The van der Waals surface area contributed by atoms with Crippen LogP contribution in [0.5, 0.6) is 5.75 Å². The molecule has 0 aliphatic rings. The van der Waals surface area contributed by atoms with Gasteiger partial charge in [0.1, 0.15) is 5.75 Å². The molecular formula is C17H12ClN5O2. The van der Waals surface area contributed by atoms with Crippen molar-refractivity contribution in [1.29, 1.82) is 0 Å². The fourth-order valence-corrected chi connectivity index (χ4v) is 2.50. The van der Waals surface area contributed by atoms with Gasteiger partial charge in [-0.2, -0.15) is 4.98 Å². The van der Waals surface area contributed by atoms with Crippen LogP contribution in [0.1, 0.15) is 0 Å². The molecule has 0 atom stereocenters. The Labute approximate surface area is 147 Å². The number of hydrogen-bond acceptors (Lipinski definition) is 6. The summed E-state index contributed by atoms with van der Waals surface area (Å²) in [7, 11) is 1.60. The van der Waals surface area contributed by atoms with Gasteiger partial charge in [-0.15, -0.1) is 5.10 Å². The molecule has 0 fully saturated rings. The van der Waals surface area contributed by atoms with Crippen LogP contribution in [-0.4, -0.2) is 32.2 Å². The van der Waals surface area contributed by atoms with E-state index >= 15 is 0 Å². The van der Waals surface area contributed by atoms with Gasteiger partial charge in [0.05, 0.1) is 19.0 Å². The number of halogens is 1. The van der Waals surface area contributed by atoms with Crippen LogP contribution in [-0.2, 0) is 0 Å². The van der Waals surface area contributed by atoms with Gasteiger partial charge in [0, 0.05) is 10.6 Å². The van der Waals surface area contributed by atoms with Crippen LogP contribution < -0.4 is 4.74 Å². The van der Waals surface area contributed by atoms with E-state index in [2.05, 4.69) is 20.5 Å². The van der Waals surface area contributed by atoms with Crippen molar-refractivity contribution < 1.29 is 9.26 Å². The molecule has 8 heteroatoms. The molecule has 4 aromatic rings. The first-order valence-corrected chi connectivity index (χ1v) is 7.77. The normalized spacial score (nSPS) is 10.8. The first kappa shape index (κ1) is 15.3. The zero-order chi connectivity index (χ0) is 17.2.